The number of allylic oxidation sites excluding steroid dienone is 4. The summed E-state index contributed by atoms with van der Waals surface area (Å²) in [6.07, 6.45) is 50.1. The highest BCUT2D eigenvalue weighted by molar-refractivity contribution is 5.50. The molecular formula is C45H86. The first-order chi connectivity index (χ1) is 22.2. The van der Waals surface area contributed by atoms with Crippen LogP contribution in [0.2, 0.25) is 0 Å². The first-order valence-electron chi connectivity index (χ1n) is 21.7. The van der Waals surface area contributed by atoms with Crippen LogP contribution in [0.15, 0.2) is 22.3 Å². The molecule has 0 bridgehead atoms. The summed E-state index contributed by atoms with van der Waals surface area (Å²) in [5.41, 5.74) is 7.83. The van der Waals surface area contributed by atoms with Gasteiger partial charge in [-0.3, -0.25) is 0 Å². The first-order valence-corrected chi connectivity index (χ1v) is 21.7. The second-order valence-corrected chi connectivity index (χ2v) is 15.2. The van der Waals surface area contributed by atoms with E-state index in [-0.39, 0.29) is 0 Å². The monoisotopic (exact) mass is 627 g/mol. The Morgan fingerprint density at radius 1 is 0.267 bits per heavy atom. The van der Waals surface area contributed by atoms with E-state index in [0.29, 0.717) is 0 Å². The minimum absolute atomic E-state index is 0.813. The third-order valence-electron chi connectivity index (χ3n) is 11.0. The quantitative estimate of drug-likeness (QED) is 0.0614. The standard InChI is InChI=1S/C45H86/c1-6-11-16-21-26-31-36-41-42(37-32-27-22-17-12-7-2)44(39-34-29-24-19-14-9-4)45(40-35-30-25-20-15-10-5)43(41)38-33-28-23-18-13-8-3/h41H,6-40H2,1-5H3. The molecule has 266 valence electrons. The van der Waals surface area contributed by atoms with Crippen molar-refractivity contribution in [3.8, 4) is 0 Å². The van der Waals surface area contributed by atoms with Gasteiger partial charge in [0.15, 0.2) is 0 Å². The highest BCUT2D eigenvalue weighted by Crippen LogP contribution is 2.48. The van der Waals surface area contributed by atoms with E-state index in [1.807, 2.05) is 22.3 Å². The molecule has 45 heavy (non-hydrogen) atoms. The van der Waals surface area contributed by atoms with Gasteiger partial charge < -0.3 is 0 Å². The molecule has 0 saturated carbocycles. The smallest absolute Gasteiger partial charge is 0.00188 e. The summed E-state index contributed by atoms with van der Waals surface area (Å²) in [6, 6.07) is 0. The summed E-state index contributed by atoms with van der Waals surface area (Å²) in [5, 5.41) is 0. The molecule has 0 heteroatoms. The van der Waals surface area contributed by atoms with Gasteiger partial charge in [-0.1, -0.05) is 213 Å². The number of hydrogen-bond donors (Lipinski definition) is 0. The lowest BCUT2D eigenvalue weighted by Gasteiger charge is -2.21. The zero-order valence-electron chi connectivity index (χ0n) is 32.3. The Bertz CT molecular complexity index is 641. The SMILES string of the molecule is CCCCCCCCC1=C(CCCCCCCC)C(CCCCCCCC)C(CCCCCCCC)=C1CCCCCCCC. The molecule has 0 spiro atoms. The third kappa shape index (κ3) is 21.1. The van der Waals surface area contributed by atoms with Crippen LogP contribution >= 0.6 is 0 Å². The summed E-state index contributed by atoms with van der Waals surface area (Å²) in [6.45, 7) is 11.8. The zero-order valence-corrected chi connectivity index (χ0v) is 32.3. The summed E-state index contributed by atoms with van der Waals surface area (Å²) < 4.78 is 0. The third-order valence-corrected chi connectivity index (χ3v) is 11.0. The maximum Gasteiger partial charge on any atom is 0.00188 e. The first kappa shape index (κ1) is 42.5. The van der Waals surface area contributed by atoms with Crippen LogP contribution in [-0.2, 0) is 0 Å². The fraction of sp³-hybridized carbons (Fsp3) is 0.911. The van der Waals surface area contributed by atoms with E-state index in [2.05, 4.69) is 34.6 Å². The van der Waals surface area contributed by atoms with Gasteiger partial charge in [-0.25, -0.2) is 0 Å². The molecule has 0 aromatic heterocycles. The topological polar surface area (TPSA) is 0 Å². The van der Waals surface area contributed by atoms with Crippen molar-refractivity contribution >= 4 is 0 Å². The molecule has 0 radical (unpaired) electrons. The van der Waals surface area contributed by atoms with Crippen molar-refractivity contribution in [2.24, 2.45) is 5.92 Å². The van der Waals surface area contributed by atoms with Crippen molar-refractivity contribution in [2.45, 2.75) is 259 Å². The molecule has 0 nitrogen and oxygen atoms in total. The second-order valence-electron chi connectivity index (χ2n) is 15.2. The zero-order chi connectivity index (χ0) is 32.6. The van der Waals surface area contributed by atoms with Crippen molar-refractivity contribution in [1.82, 2.24) is 0 Å². The summed E-state index contributed by atoms with van der Waals surface area (Å²) >= 11 is 0. The van der Waals surface area contributed by atoms with E-state index in [1.165, 1.54) is 225 Å². The van der Waals surface area contributed by atoms with Gasteiger partial charge >= 0.3 is 0 Å². The highest BCUT2D eigenvalue weighted by Gasteiger charge is 2.31. The molecule has 0 N–H and O–H groups in total. The fourth-order valence-corrected chi connectivity index (χ4v) is 8.12. The van der Waals surface area contributed by atoms with Crippen LogP contribution < -0.4 is 0 Å². The normalized spacial score (nSPS) is 14.1. The Labute approximate surface area is 286 Å². The lowest BCUT2D eigenvalue weighted by molar-refractivity contribution is 0.508. The van der Waals surface area contributed by atoms with Crippen molar-refractivity contribution in [3.63, 3.8) is 0 Å². The van der Waals surface area contributed by atoms with Gasteiger partial charge in [0.05, 0.1) is 0 Å². The Morgan fingerprint density at radius 2 is 0.511 bits per heavy atom. The lowest BCUT2D eigenvalue weighted by Crippen LogP contribution is -2.07. The van der Waals surface area contributed by atoms with Gasteiger partial charge in [-0.15, -0.1) is 0 Å². The van der Waals surface area contributed by atoms with Crippen LogP contribution in [0.4, 0.5) is 0 Å². The molecule has 0 aromatic carbocycles. The van der Waals surface area contributed by atoms with Crippen molar-refractivity contribution < 1.29 is 0 Å². The van der Waals surface area contributed by atoms with E-state index in [0.717, 1.165) is 5.92 Å². The average Bonchev–Trinajstić information content (AvgIpc) is 3.32. The molecule has 0 aromatic rings. The molecule has 1 aliphatic carbocycles. The van der Waals surface area contributed by atoms with Crippen LogP contribution in [0.5, 0.6) is 0 Å². The van der Waals surface area contributed by atoms with E-state index in [1.54, 1.807) is 0 Å². The fourth-order valence-electron chi connectivity index (χ4n) is 8.12. The van der Waals surface area contributed by atoms with Crippen molar-refractivity contribution in [2.75, 3.05) is 0 Å². The predicted molar refractivity (Wildman–Crippen MR) is 208 cm³/mol. The Morgan fingerprint density at radius 3 is 0.822 bits per heavy atom. The molecule has 0 saturated heterocycles. The van der Waals surface area contributed by atoms with Crippen LogP contribution in [0, 0.1) is 5.92 Å². The minimum Gasteiger partial charge on any atom is -0.0654 e. The number of unbranched alkanes of at least 4 members (excludes halogenated alkanes) is 25. The van der Waals surface area contributed by atoms with Gasteiger partial charge in [0.2, 0.25) is 0 Å². The van der Waals surface area contributed by atoms with Crippen molar-refractivity contribution in [3.05, 3.63) is 22.3 Å². The Hall–Kier alpha value is -0.520. The van der Waals surface area contributed by atoms with Gasteiger partial charge in [0.25, 0.3) is 0 Å². The highest BCUT2D eigenvalue weighted by atomic mass is 14.4. The molecule has 0 atom stereocenters. The second kappa shape index (κ2) is 32.0. The van der Waals surface area contributed by atoms with Crippen LogP contribution in [-0.4, -0.2) is 0 Å². The minimum atomic E-state index is 0.813. The molecule has 1 rings (SSSR count). The van der Waals surface area contributed by atoms with E-state index in [4.69, 9.17) is 0 Å². The summed E-state index contributed by atoms with van der Waals surface area (Å²) in [5.74, 6) is 0.813. The molecule has 0 unspecified atom stereocenters. The number of hydrogen-bond acceptors (Lipinski definition) is 0. The van der Waals surface area contributed by atoms with Crippen LogP contribution in [0.25, 0.3) is 0 Å². The average molecular weight is 627 g/mol. The summed E-state index contributed by atoms with van der Waals surface area (Å²) in [4.78, 5) is 0. The van der Waals surface area contributed by atoms with Gasteiger partial charge in [-0.2, -0.15) is 0 Å². The molecule has 0 amide bonds. The maximum atomic E-state index is 2.36. The van der Waals surface area contributed by atoms with Gasteiger partial charge in [-0.05, 0) is 68.9 Å². The van der Waals surface area contributed by atoms with Gasteiger partial charge in [0.1, 0.15) is 0 Å². The Kier molecular flexibility index (Phi) is 30.3. The molecular weight excluding hydrogens is 540 g/mol. The van der Waals surface area contributed by atoms with E-state index in [9.17, 15) is 0 Å². The molecule has 1 aliphatic rings. The molecule has 0 aliphatic heterocycles. The molecule has 0 fully saturated rings. The largest absolute Gasteiger partial charge is 0.0654 e. The molecule has 0 heterocycles. The van der Waals surface area contributed by atoms with Crippen LogP contribution in [0.3, 0.4) is 0 Å². The maximum absolute atomic E-state index is 2.36. The predicted octanol–water partition coefficient (Wildman–Crippen LogP) is 17.0. The van der Waals surface area contributed by atoms with Crippen molar-refractivity contribution in [1.29, 1.82) is 0 Å². The lowest BCUT2D eigenvalue weighted by atomic mass is 9.84. The summed E-state index contributed by atoms with van der Waals surface area (Å²) in [7, 11) is 0. The van der Waals surface area contributed by atoms with Gasteiger partial charge in [0, 0.05) is 5.92 Å². The van der Waals surface area contributed by atoms with E-state index >= 15 is 0 Å². The Balaban J connectivity index is 3.18. The van der Waals surface area contributed by atoms with Crippen LogP contribution in [0.1, 0.15) is 259 Å². The van der Waals surface area contributed by atoms with E-state index < -0.39 is 0 Å². The number of rotatable bonds is 35.